The van der Waals surface area contributed by atoms with E-state index in [0.717, 1.165) is 48.9 Å². The van der Waals surface area contributed by atoms with Gasteiger partial charge in [0.2, 0.25) is 0 Å². The third kappa shape index (κ3) is 5.27. The highest BCUT2D eigenvalue weighted by molar-refractivity contribution is 6.37. The van der Waals surface area contributed by atoms with Crippen molar-refractivity contribution in [1.29, 1.82) is 0 Å². The molecule has 0 radical (unpaired) electrons. The summed E-state index contributed by atoms with van der Waals surface area (Å²) in [6, 6.07) is 7.65. The van der Waals surface area contributed by atoms with Crippen LogP contribution in [0.1, 0.15) is 34.3 Å². The van der Waals surface area contributed by atoms with Gasteiger partial charge in [-0.3, -0.25) is 10.1 Å². The highest BCUT2D eigenvalue weighted by Crippen LogP contribution is 2.42. The fraction of sp³-hybridized carbons (Fsp3) is 0.167. The zero-order chi connectivity index (χ0) is 24.4. The zero-order valence-corrected chi connectivity index (χ0v) is 19.8. The Morgan fingerprint density at radius 2 is 1.53 bits per heavy atom. The van der Waals surface area contributed by atoms with Crippen LogP contribution in [0.25, 0.3) is 0 Å². The summed E-state index contributed by atoms with van der Waals surface area (Å²) in [6.45, 7) is 0. The van der Waals surface area contributed by atoms with Crippen molar-refractivity contribution < 1.29 is 23.1 Å². The van der Waals surface area contributed by atoms with E-state index in [1.54, 1.807) is 12.1 Å². The van der Waals surface area contributed by atoms with Crippen LogP contribution in [0, 0.1) is 11.6 Å². The minimum absolute atomic E-state index is 0.116. The normalized spacial score (nSPS) is 12.6. The summed E-state index contributed by atoms with van der Waals surface area (Å²) in [7, 11) is 0. The van der Waals surface area contributed by atoms with Gasteiger partial charge in [0.25, 0.3) is 5.91 Å². The molecule has 3 aromatic carbocycles. The van der Waals surface area contributed by atoms with Crippen LogP contribution in [0.4, 0.5) is 19.3 Å². The summed E-state index contributed by atoms with van der Waals surface area (Å²) >= 11 is 19.0. The molecule has 1 aliphatic rings. The molecule has 0 aliphatic heterocycles. The lowest BCUT2D eigenvalue weighted by Gasteiger charge is -2.21. The maximum Gasteiger partial charge on any atom is 0.326 e. The Kier molecular flexibility index (Phi) is 7.26. The van der Waals surface area contributed by atoms with E-state index in [0.29, 0.717) is 16.8 Å². The number of fused-ring (bicyclic) bond motifs is 1. The van der Waals surface area contributed by atoms with Gasteiger partial charge in [-0.05, 0) is 79.3 Å². The topological polar surface area (TPSA) is 67.4 Å². The minimum Gasteiger partial charge on any atom is -0.454 e. The summed E-state index contributed by atoms with van der Waals surface area (Å²) in [6.07, 6.45) is 3.75. The number of urea groups is 1. The van der Waals surface area contributed by atoms with Gasteiger partial charge in [0.15, 0.2) is 5.75 Å². The zero-order valence-electron chi connectivity index (χ0n) is 17.5. The van der Waals surface area contributed by atoms with E-state index in [1.807, 2.05) is 5.32 Å². The Hall–Kier alpha value is -2.87. The van der Waals surface area contributed by atoms with Crippen LogP contribution >= 0.6 is 34.8 Å². The third-order valence-electron chi connectivity index (χ3n) is 5.30. The fourth-order valence-electron chi connectivity index (χ4n) is 3.73. The number of imide groups is 1. The predicted molar refractivity (Wildman–Crippen MR) is 127 cm³/mol. The molecule has 0 saturated carbocycles. The molecule has 3 aromatic rings. The molecule has 176 valence electrons. The Morgan fingerprint density at radius 3 is 2.24 bits per heavy atom. The van der Waals surface area contributed by atoms with Gasteiger partial charge in [-0.2, -0.15) is 0 Å². The number of benzene rings is 3. The Morgan fingerprint density at radius 1 is 0.853 bits per heavy atom. The molecule has 10 heteroatoms. The van der Waals surface area contributed by atoms with E-state index < -0.39 is 29.1 Å². The average molecular weight is 526 g/mol. The molecule has 0 spiro atoms. The van der Waals surface area contributed by atoms with E-state index in [9.17, 15) is 18.4 Å². The number of nitrogens with one attached hydrogen (secondary N) is 2. The lowest BCUT2D eigenvalue weighted by atomic mass is 9.91. The third-order valence-corrected chi connectivity index (χ3v) is 6.22. The van der Waals surface area contributed by atoms with Gasteiger partial charge in [-0.25, -0.2) is 13.6 Å². The van der Waals surface area contributed by atoms with Crippen LogP contribution in [0.3, 0.4) is 0 Å². The monoisotopic (exact) mass is 524 g/mol. The molecule has 5 nitrogen and oxygen atoms in total. The second kappa shape index (κ2) is 10.2. The molecule has 0 atom stereocenters. The van der Waals surface area contributed by atoms with E-state index in [1.165, 1.54) is 12.1 Å². The van der Waals surface area contributed by atoms with Crippen LogP contribution in [0.5, 0.6) is 11.5 Å². The molecule has 2 N–H and O–H groups in total. The van der Waals surface area contributed by atoms with Crippen LogP contribution in [0.2, 0.25) is 15.1 Å². The lowest BCUT2D eigenvalue weighted by Crippen LogP contribution is -2.34. The molecular formula is C24H17Cl3F2N2O3. The standard InChI is InChI=1S/C24H17Cl3F2N2O3/c25-17-6-8-21(15-4-2-1-3-14(15)17)34-22-18(26)10-13(11-19(22)27)30-24(33)31-23(32)16-9-12(28)5-7-20(16)29/h5-11H,1-4H2,(H2,30,31,32,33). The Labute approximate surface area is 209 Å². The first kappa shape index (κ1) is 24.3. The molecule has 0 bridgehead atoms. The lowest BCUT2D eigenvalue weighted by molar-refractivity contribution is 0.0962. The van der Waals surface area contributed by atoms with Crippen molar-refractivity contribution in [3.63, 3.8) is 0 Å². The van der Waals surface area contributed by atoms with Gasteiger partial charge < -0.3 is 10.1 Å². The molecule has 0 heterocycles. The molecule has 4 rings (SSSR count). The van der Waals surface area contributed by atoms with Gasteiger partial charge in [0.1, 0.15) is 17.4 Å². The first-order valence-electron chi connectivity index (χ1n) is 10.3. The minimum atomic E-state index is -1.11. The van der Waals surface area contributed by atoms with Crippen LogP contribution in [-0.2, 0) is 12.8 Å². The largest absolute Gasteiger partial charge is 0.454 e. The first-order chi connectivity index (χ1) is 16.2. The molecule has 0 fully saturated rings. The molecular weight excluding hydrogens is 509 g/mol. The molecule has 34 heavy (non-hydrogen) atoms. The highest BCUT2D eigenvalue weighted by atomic mass is 35.5. The van der Waals surface area contributed by atoms with Crippen LogP contribution in [0.15, 0.2) is 42.5 Å². The first-order valence-corrected chi connectivity index (χ1v) is 11.4. The number of amides is 3. The van der Waals surface area contributed by atoms with Crippen molar-refractivity contribution in [3.8, 4) is 11.5 Å². The molecule has 1 aliphatic carbocycles. The number of anilines is 1. The van der Waals surface area contributed by atoms with Crippen molar-refractivity contribution >= 4 is 52.4 Å². The predicted octanol–water partition coefficient (Wildman–Crippen LogP) is 7.56. The van der Waals surface area contributed by atoms with Gasteiger partial charge in [0.05, 0.1) is 15.6 Å². The van der Waals surface area contributed by atoms with Gasteiger partial charge in [0, 0.05) is 10.7 Å². The van der Waals surface area contributed by atoms with Crippen LogP contribution < -0.4 is 15.4 Å². The number of hydrogen-bond acceptors (Lipinski definition) is 3. The summed E-state index contributed by atoms with van der Waals surface area (Å²) in [4.78, 5) is 24.3. The maximum atomic E-state index is 13.7. The van der Waals surface area contributed by atoms with Crippen molar-refractivity contribution in [2.75, 3.05) is 5.32 Å². The van der Waals surface area contributed by atoms with E-state index in [-0.39, 0.29) is 21.5 Å². The van der Waals surface area contributed by atoms with Crippen LogP contribution in [-0.4, -0.2) is 11.9 Å². The number of hydrogen-bond donors (Lipinski definition) is 2. The van der Waals surface area contributed by atoms with Gasteiger partial charge in [-0.1, -0.05) is 34.8 Å². The smallest absolute Gasteiger partial charge is 0.326 e. The quantitative estimate of drug-likeness (QED) is 0.369. The number of carbonyl (C=O) groups excluding carboxylic acids is 2. The number of ether oxygens (including phenoxy) is 1. The second-order valence-electron chi connectivity index (χ2n) is 7.61. The molecule has 0 aromatic heterocycles. The number of carbonyl (C=O) groups is 2. The summed E-state index contributed by atoms with van der Waals surface area (Å²) < 4.78 is 33.0. The summed E-state index contributed by atoms with van der Waals surface area (Å²) in [5.41, 5.74) is 1.61. The average Bonchev–Trinajstić information content (AvgIpc) is 2.79. The van der Waals surface area contributed by atoms with Gasteiger partial charge >= 0.3 is 6.03 Å². The number of rotatable bonds is 4. The summed E-state index contributed by atoms with van der Waals surface area (Å²) in [5.74, 6) is -2.10. The van der Waals surface area contributed by atoms with Crippen molar-refractivity contribution in [1.82, 2.24) is 5.32 Å². The van der Waals surface area contributed by atoms with E-state index in [4.69, 9.17) is 39.5 Å². The van der Waals surface area contributed by atoms with Gasteiger partial charge in [-0.15, -0.1) is 0 Å². The fourth-order valence-corrected chi connectivity index (χ4v) is 4.57. The van der Waals surface area contributed by atoms with Crippen molar-refractivity contribution in [3.05, 3.63) is 85.9 Å². The Bertz CT molecular complexity index is 1280. The van der Waals surface area contributed by atoms with E-state index in [2.05, 4.69) is 5.32 Å². The van der Waals surface area contributed by atoms with Crippen molar-refractivity contribution in [2.24, 2.45) is 0 Å². The molecule has 3 amide bonds. The Balaban J connectivity index is 1.49. The number of halogens is 5. The SMILES string of the molecule is O=C(NC(=O)c1cc(F)ccc1F)Nc1cc(Cl)c(Oc2ccc(Cl)c3c2CCCC3)c(Cl)c1. The molecule has 0 unspecified atom stereocenters. The highest BCUT2D eigenvalue weighted by Gasteiger charge is 2.21. The van der Waals surface area contributed by atoms with E-state index >= 15 is 0 Å². The second-order valence-corrected chi connectivity index (χ2v) is 8.83. The van der Waals surface area contributed by atoms with Crippen molar-refractivity contribution in [2.45, 2.75) is 25.7 Å². The summed E-state index contributed by atoms with van der Waals surface area (Å²) in [5, 5.41) is 5.22. The maximum absolute atomic E-state index is 13.7. The molecule has 0 saturated heterocycles.